The molecule has 1 unspecified atom stereocenters. The zero-order valence-electron chi connectivity index (χ0n) is 10.1. The van der Waals surface area contributed by atoms with Crippen LogP contribution < -0.4 is 5.73 Å². The van der Waals surface area contributed by atoms with Gasteiger partial charge in [0.2, 0.25) is 0 Å². The first-order valence-corrected chi connectivity index (χ1v) is 5.88. The van der Waals surface area contributed by atoms with Gasteiger partial charge in [-0.3, -0.25) is 4.90 Å². The molecule has 1 aromatic rings. The Balaban J connectivity index is 2.16. The van der Waals surface area contributed by atoms with Crippen LogP contribution in [0.1, 0.15) is 38.3 Å². The lowest BCUT2D eigenvalue weighted by molar-refractivity contribution is 0.124. The maximum absolute atomic E-state index is 6.33. The number of nitrogens with zero attached hydrogens (tertiary/aromatic N) is 3. The van der Waals surface area contributed by atoms with E-state index in [0.29, 0.717) is 0 Å². The summed E-state index contributed by atoms with van der Waals surface area (Å²) < 4.78 is 0. The molecule has 16 heavy (non-hydrogen) atoms. The first-order chi connectivity index (χ1) is 7.62. The molecule has 1 aliphatic rings. The average Bonchev–Trinajstić information content (AvgIpc) is 2.83. The molecule has 0 aliphatic carbocycles. The number of nitrogens with two attached hydrogens (primary N) is 1. The summed E-state index contributed by atoms with van der Waals surface area (Å²) in [6.07, 6.45) is 7.73. The smallest absolute Gasteiger partial charge is 0.115 e. The Labute approximate surface area is 96.9 Å². The molecule has 1 fully saturated rings. The minimum atomic E-state index is -0.0354. The summed E-state index contributed by atoms with van der Waals surface area (Å²) in [6, 6.07) is -0.0354. The van der Waals surface area contributed by atoms with Crippen molar-refractivity contribution in [3.8, 4) is 0 Å². The fourth-order valence-electron chi connectivity index (χ4n) is 2.37. The molecule has 2 rings (SSSR count). The van der Waals surface area contributed by atoms with Crippen molar-refractivity contribution in [3.05, 3.63) is 24.3 Å². The molecular weight excluding hydrogens is 200 g/mol. The molecule has 1 aromatic heterocycles. The molecule has 1 saturated heterocycles. The van der Waals surface area contributed by atoms with E-state index in [4.69, 9.17) is 5.73 Å². The Hall–Kier alpha value is -1.00. The Morgan fingerprint density at radius 1 is 1.25 bits per heavy atom. The summed E-state index contributed by atoms with van der Waals surface area (Å²) >= 11 is 0. The van der Waals surface area contributed by atoms with E-state index in [2.05, 4.69) is 28.7 Å². The SMILES string of the molecule is CC(C)(C(N)c1cncnc1)N1CCCC1. The highest BCUT2D eigenvalue weighted by Gasteiger charge is 2.35. The summed E-state index contributed by atoms with van der Waals surface area (Å²) in [6.45, 7) is 6.70. The van der Waals surface area contributed by atoms with Crippen molar-refractivity contribution in [2.45, 2.75) is 38.3 Å². The zero-order valence-corrected chi connectivity index (χ0v) is 10.1. The van der Waals surface area contributed by atoms with Crippen molar-refractivity contribution in [1.82, 2.24) is 14.9 Å². The van der Waals surface area contributed by atoms with Gasteiger partial charge < -0.3 is 5.73 Å². The van der Waals surface area contributed by atoms with E-state index in [9.17, 15) is 0 Å². The monoisotopic (exact) mass is 220 g/mol. The Kier molecular flexibility index (Phi) is 3.21. The zero-order chi connectivity index (χ0) is 11.6. The molecule has 2 heterocycles. The van der Waals surface area contributed by atoms with Crippen molar-refractivity contribution < 1.29 is 0 Å². The Morgan fingerprint density at radius 3 is 2.38 bits per heavy atom. The van der Waals surface area contributed by atoms with Crippen LogP contribution >= 0.6 is 0 Å². The van der Waals surface area contributed by atoms with Crippen LogP contribution in [0.3, 0.4) is 0 Å². The fraction of sp³-hybridized carbons (Fsp3) is 0.667. The van der Waals surface area contributed by atoms with Gasteiger partial charge in [0.1, 0.15) is 6.33 Å². The summed E-state index contributed by atoms with van der Waals surface area (Å²) in [5.41, 5.74) is 7.32. The number of hydrogen-bond donors (Lipinski definition) is 1. The third kappa shape index (κ3) is 2.08. The molecule has 0 spiro atoms. The maximum atomic E-state index is 6.33. The predicted molar refractivity (Wildman–Crippen MR) is 63.8 cm³/mol. The summed E-state index contributed by atoms with van der Waals surface area (Å²) in [5.74, 6) is 0. The van der Waals surface area contributed by atoms with Gasteiger partial charge in [0, 0.05) is 23.5 Å². The van der Waals surface area contributed by atoms with Gasteiger partial charge in [-0.25, -0.2) is 9.97 Å². The first-order valence-electron chi connectivity index (χ1n) is 5.88. The molecule has 0 amide bonds. The van der Waals surface area contributed by atoms with Crippen LogP contribution in [-0.4, -0.2) is 33.5 Å². The van der Waals surface area contributed by atoms with Crippen molar-refractivity contribution in [2.24, 2.45) is 5.73 Å². The van der Waals surface area contributed by atoms with Gasteiger partial charge in [0.25, 0.3) is 0 Å². The van der Waals surface area contributed by atoms with E-state index in [1.807, 2.05) is 12.4 Å². The lowest BCUT2D eigenvalue weighted by Crippen LogP contribution is -2.49. The van der Waals surface area contributed by atoms with Crippen LogP contribution in [0.5, 0.6) is 0 Å². The second-order valence-corrected chi connectivity index (χ2v) is 5.00. The molecule has 0 saturated carbocycles. The van der Waals surface area contributed by atoms with E-state index in [-0.39, 0.29) is 11.6 Å². The molecule has 4 heteroatoms. The highest BCUT2D eigenvalue weighted by Crippen LogP contribution is 2.31. The average molecular weight is 220 g/mol. The molecule has 0 radical (unpaired) electrons. The van der Waals surface area contributed by atoms with Crippen molar-refractivity contribution in [1.29, 1.82) is 0 Å². The van der Waals surface area contributed by atoms with Crippen LogP contribution in [-0.2, 0) is 0 Å². The molecule has 0 bridgehead atoms. The van der Waals surface area contributed by atoms with Crippen LogP contribution in [0.2, 0.25) is 0 Å². The highest BCUT2D eigenvalue weighted by atomic mass is 15.2. The quantitative estimate of drug-likeness (QED) is 0.835. The molecule has 88 valence electrons. The molecule has 0 aromatic carbocycles. The largest absolute Gasteiger partial charge is 0.322 e. The Morgan fingerprint density at radius 2 is 1.81 bits per heavy atom. The molecule has 4 nitrogen and oxygen atoms in total. The van der Waals surface area contributed by atoms with E-state index < -0.39 is 0 Å². The van der Waals surface area contributed by atoms with Crippen LogP contribution in [0.4, 0.5) is 0 Å². The van der Waals surface area contributed by atoms with E-state index in [1.165, 1.54) is 12.8 Å². The third-order valence-corrected chi connectivity index (χ3v) is 3.62. The van der Waals surface area contributed by atoms with Crippen molar-refractivity contribution >= 4 is 0 Å². The minimum absolute atomic E-state index is 0.0266. The first kappa shape index (κ1) is 11.5. The van der Waals surface area contributed by atoms with Gasteiger partial charge in [-0.15, -0.1) is 0 Å². The van der Waals surface area contributed by atoms with Gasteiger partial charge in [0.15, 0.2) is 0 Å². The maximum Gasteiger partial charge on any atom is 0.115 e. The summed E-state index contributed by atoms with van der Waals surface area (Å²) in [7, 11) is 0. The minimum Gasteiger partial charge on any atom is -0.322 e. The number of aromatic nitrogens is 2. The van der Waals surface area contributed by atoms with Crippen LogP contribution in [0.15, 0.2) is 18.7 Å². The Bertz CT molecular complexity index is 330. The van der Waals surface area contributed by atoms with Gasteiger partial charge >= 0.3 is 0 Å². The molecule has 2 N–H and O–H groups in total. The van der Waals surface area contributed by atoms with Gasteiger partial charge in [-0.05, 0) is 39.8 Å². The van der Waals surface area contributed by atoms with Gasteiger partial charge in [0.05, 0.1) is 6.04 Å². The normalized spacial score (nSPS) is 19.9. The third-order valence-electron chi connectivity index (χ3n) is 3.62. The molecule has 1 atom stereocenters. The van der Waals surface area contributed by atoms with E-state index in [1.54, 1.807) is 6.33 Å². The highest BCUT2D eigenvalue weighted by molar-refractivity contribution is 5.15. The second-order valence-electron chi connectivity index (χ2n) is 5.00. The summed E-state index contributed by atoms with van der Waals surface area (Å²) in [4.78, 5) is 10.5. The lowest BCUT2D eigenvalue weighted by atomic mass is 9.89. The number of likely N-dealkylation sites (tertiary alicyclic amines) is 1. The van der Waals surface area contributed by atoms with E-state index >= 15 is 0 Å². The topological polar surface area (TPSA) is 55.0 Å². The van der Waals surface area contributed by atoms with Crippen LogP contribution in [0, 0.1) is 0 Å². The fourth-order valence-corrected chi connectivity index (χ4v) is 2.37. The number of rotatable bonds is 3. The summed E-state index contributed by atoms with van der Waals surface area (Å²) in [5, 5.41) is 0. The van der Waals surface area contributed by atoms with Crippen LogP contribution in [0.25, 0.3) is 0 Å². The standard InChI is InChI=1S/C12H20N4/c1-12(2,16-5-3-4-6-16)11(13)10-7-14-9-15-8-10/h7-9,11H,3-6,13H2,1-2H3. The number of hydrogen-bond acceptors (Lipinski definition) is 4. The van der Waals surface area contributed by atoms with E-state index in [0.717, 1.165) is 18.7 Å². The second kappa shape index (κ2) is 4.47. The van der Waals surface area contributed by atoms with Crippen molar-refractivity contribution in [2.75, 3.05) is 13.1 Å². The van der Waals surface area contributed by atoms with Crippen molar-refractivity contribution in [3.63, 3.8) is 0 Å². The lowest BCUT2D eigenvalue weighted by Gasteiger charge is -2.40. The molecule has 1 aliphatic heterocycles. The van der Waals surface area contributed by atoms with Gasteiger partial charge in [-0.1, -0.05) is 0 Å². The van der Waals surface area contributed by atoms with Gasteiger partial charge in [-0.2, -0.15) is 0 Å². The predicted octanol–water partition coefficient (Wildman–Crippen LogP) is 1.35. The molecular formula is C12H20N4.